The fourth-order valence-corrected chi connectivity index (χ4v) is 9.74. The summed E-state index contributed by atoms with van der Waals surface area (Å²) in [5.41, 5.74) is 16.0. The molecule has 0 unspecified atom stereocenters. The fourth-order valence-electron chi connectivity index (χ4n) is 9.74. The van der Waals surface area contributed by atoms with Gasteiger partial charge in [0.25, 0.3) is 0 Å². The van der Waals surface area contributed by atoms with Crippen molar-refractivity contribution in [1.29, 1.82) is 0 Å². The summed E-state index contributed by atoms with van der Waals surface area (Å²) in [5, 5.41) is 4.59. The van der Waals surface area contributed by atoms with E-state index in [1.807, 2.05) is 26.0 Å². The number of hydrogen-bond acceptors (Lipinski definition) is 3. The van der Waals surface area contributed by atoms with E-state index in [1.165, 1.54) is 22.3 Å². The quantitative estimate of drug-likeness (QED) is 0.168. The zero-order chi connectivity index (χ0) is 43.4. The van der Waals surface area contributed by atoms with Gasteiger partial charge in [0.15, 0.2) is 11.6 Å². The van der Waals surface area contributed by atoms with E-state index >= 15 is 0 Å². The summed E-state index contributed by atoms with van der Waals surface area (Å²) in [7, 11) is 0. The summed E-state index contributed by atoms with van der Waals surface area (Å²) >= 11 is 0. The van der Waals surface area contributed by atoms with Gasteiger partial charge in [-0.2, -0.15) is 9.97 Å². The van der Waals surface area contributed by atoms with E-state index in [2.05, 4.69) is 213 Å². The first-order valence-corrected chi connectivity index (χ1v) is 22.3. The van der Waals surface area contributed by atoms with Gasteiger partial charge in [-0.15, -0.1) is 0 Å². The van der Waals surface area contributed by atoms with Gasteiger partial charge in [0.05, 0.1) is 11.0 Å². The maximum atomic E-state index is 5.43. The van der Waals surface area contributed by atoms with Gasteiger partial charge in [0.2, 0.25) is 5.95 Å². The summed E-state index contributed by atoms with van der Waals surface area (Å²) < 4.78 is 2.31. The summed E-state index contributed by atoms with van der Waals surface area (Å²) in [6, 6.07) is 73.7. The molecule has 0 saturated heterocycles. The van der Waals surface area contributed by atoms with E-state index in [4.69, 9.17) is 15.0 Å². The molecule has 2 heterocycles. The standard InChI is InChI=1S/C58H40N4.C2H6/c1-58(2)51-23-12-11-20-47(51)48-34-33-44(36-52(48)58)46-21-13-22-49-50-35-32-41-18-9-10-19-45(41)53(50)62(54(46)49)57-60-55(42-28-24-39(25-29-42)37-14-5-3-6-15-37)59-56(61-57)43-30-26-40(27-31-43)38-16-7-4-8-17-38;1-2/h3-36H,1-2H3;1-2H3. The lowest BCUT2D eigenvalue weighted by Gasteiger charge is -2.22. The molecule has 11 aromatic rings. The predicted molar refractivity (Wildman–Crippen MR) is 268 cm³/mol. The van der Waals surface area contributed by atoms with Crippen molar-refractivity contribution >= 4 is 32.6 Å². The maximum Gasteiger partial charge on any atom is 0.238 e. The highest BCUT2D eigenvalue weighted by molar-refractivity contribution is 6.21. The summed E-state index contributed by atoms with van der Waals surface area (Å²) in [6.07, 6.45) is 0. The molecule has 1 aliphatic rings. The van der Waals surface area contributed by atoms with Gasteiger partial charge in [0.1, 0.15) is 0 Å². The van der Waals surface area contributed by atoms with Crippen LogP contribution in [0.5, 0.6) is 0 Å². The zero-order valence-electron chi connectivity index (χ0n) is 36.4. The van der Waals surface area contributed by atoms with Gasteiger partial charge in [-0.25, -0.2) is 4.98 Å². The highest BCUT2D eigenvalue weighted by Gasteiger charge is 2.35. The van der Waals surface area contributed by atoms with Crippen molar-refractivity contribution in [2.75, 3.05) is 0 Å². The van der Waals surface area contributed by atoms with E-state index in [1.54, 1.807) is 0 Å². The highest BCUT2D eigenvalue weighted by atomic mass is 15.2. The first-order chi connectivity index (χ1) is 31.5. The van der Waals surface area contributed by atoms with Crippen LogP contribution in [0, 0.1) is 0 Å². The van der Waals surface area contributed by atoms with Crippen LogP contribution in [0.25, 0.3) is 106 Å². The van der Waals surface area contributed by atoms with E-state index in [0.717, 1.165) is 77.1 Å². The minimum Gasteiger partial charge on any atom is -0.277 e. The minimum absolute atomic E-state index is 0.136. The normalized spacial score (nSPS) is 12.5. The topological polar surface area (TPSA) is 43.6 Å². The van der Waals surface area contributed by atoms with Crippen LogP contribution in [-0.4, -0.2) is 19.5 Å². The third kappa shape index (κ3) is 6.41. The van der Waals surface area contributed by atoms with Crippen molar-refractivity contribution in [1.82, 2.24) is 19.5 Å². The lowest BCUT2D eigenvalue weighted by Crippen LogP contribution is -2.14. The Balaban J connectivity index is 0.00000225. The number of nitrogens with zero attached hydrogens (tertiary/aromatic N) is 4. The fraction of sp³-hybridized carbons (Fsp3) is 0.0833. The Labute approximate surface area is 374 Å². The number of rotatable bonds is 6. The molecule has 0 spiro atoms. The van der Waals surface area contributed by atoms with E-state index in [-0.39, 0.29) is 5.41 Å². The van der Waals surface area contributed by atoms with Crippen LogP contribution in [0.1, 0.15) is 38.8 Å². The second-order valence-electron chi connectivity index (χ2n) is 16.8. The zero-order valence-corrected chi connectivity index (χ0v) is 36.4. The van der Waals surface area contributed by atoms with Crippen LogP contribution in [0.3, 0.4) is 0 Å². The molecule has 0 radical (unpaired) electrons. The van der Waals surface area contributed by atoms with Gasteiger partial charge in [-0.05, 0) is 61.5 Å². The summed E-state index contributed by atoms with van der Waals surface area (Å²) in [5.74, 6) is 1.80. The number of para-hydroxylation sites is 1. The molecule has 4 heteroatoms. The third-order valence-electron chi connectivity index (χ3n) is 12.9. The Bertz CT molecular complexity index is 3410. The average Bonchev–Trinajstić information content (AvgIpc) is 3.83. The van der Waals surface area contributed by atoms with Crippen molar-refractivity contribution in [3.05, 3.63) is 217 Å². The molecule has 2 aromatic heterocycles. The lowest BCUT2D eigenvalue weighted by atomic mass is 9.81. The minimum atomic E-state index is -0.136. The van der Waals surface area contributed by atoms with Crippen LogP contribution in [0.15, 0.2) is 206 Å². The van der Waals surface area contributed by atoms with Gasteiger partial charge >= 0.3 is 0 Å². The molecular formula is C60H46N4. The molecule has 12 rings (SSSR count). The Hall–Kier alpha value is -7.95. The predicted octanol–water partition coefficient (Wildman–Crippen LogP) is 15.8. The van der Waals surface area contributed by atoms with Crippen LogP contribution in [0.2, 0.25) is 0 Å². The Morgan fingerprint density at radius 1 is 0.344 bits per heavy atom. The second-order valence-corrected chi connectivity index (χ2v) is 16.8. The molecule has 1 aliphatic carbocycles. The van der Waals surface area contributed by atoms with Crippen molar-refractivity contribution < 1.29 is 0 Å². The first-order valence-electron chi connectivity index (χ1n) is 22.3. The van der Waals surface area contributed by atoms with E-state index in [0.29, 0.717) is 17.6 Å². The molecule has 64 heavy (non-hydrogen) atoms. The smallest absolute Gasteiger partial charge is 0.238 e. The van der Waals surface area contributed by atoms with Crippen LogP contribution >= 0.6 is 0 Å². The lowest BCUT2D eigenvalue weighted by molar-refractivity contribution is 0.660. The van der Waals surface area contributed by atoms with Crippen LogP contribution in [0.4, 0.5) is 0 Å². The van der Waals surface area contributed by atoms with Crippen LogP contribution < -0.4 is 0 Å². The number of fused-ring (bicyclic) bond motifs is 8. The largest absolute Gasteiger partial charge is 0.277 e. The molecule has 0 aliphatic heterocycles. The van der Waals surface area contributed by atoms with Crippen LogP contribution in [-0.2, 0) is 5.41 Å². The van der Waals surface area contributed by atoms with Crippen molar-refractivity contribution in [3.63, 3.8) is 0 Å². The van der Waals surface area contributed by atoms with E-state index < -0.39 is 0 Å². The number of hydrogen-bond donors (Lipinski definition) is 0. The molecule has 0 atom stereocenters. The van der Waals surface area contributed by atoms with E-state index in [9.17, 15) is 0 Å². The Morgan fingerprint density at radius 3 is 1.48 bits per heavy atom. The van der Waals surface area contributed by atoms with Gasteiger partial charge in [-0.3, -0.25) is 4.57 Å². The molecule has 0 N–H and O–H groups in total. The molecule has 4 nitrogen and oxygen atoms in total. The maximum absolute atomic E-state index is 5.43. The second kappa shape index (κ2) is 15.7. The Kier molecular flexibility index (Phi) is 9.58. The molecule has 9 aromatic carbocycles. The molecule has 0 fully saturated rings. The molecule has 0 amide bonds. The number of benzene rings is 9. The highest BCUT2D eigenvalue weighted by Crippen LogP contribution is 2.50. The molecule has 306 valence electrons. The van der Waals surface area contributed by atoms with Crippen molar-refractivity contribution in [2.45, 2.75) is 33.1 Å². The van der Waals surface area contributed by atoms with Gasteiger partial charge in [0, 0.05) is 38.3 Å². The third-order valence-corrected chi connectivity index (χ3v) is 12.9. The van der Waals surface area contributed by atoms with Gasteiger partial charge < -0.3 is 0 Å². The number of aromatic nitrogens is 4. The van der Waals surface area contributed by atoms with Gasteiger partial charge in [-0.1, -0.05) is 228 Å². The molecule has 0 saturated carbocycles. The Morgan fingerprint density at radius 2 is 0.828 bits per heavy atom. The summed E-state index contributed by atoms with van der Waals surface area (Å²) in [6.45, 7) is 8.69. The van der Waals surface area contributed by atoms with Crippen molar-refractivity contribution in [3.8, 4) is 73.2 Å². The molecule has 0 bridgehead atoms. The monoisotopic (exact) mass is 822 g/mol. The first kappa shape index (κ1) is 38.9. The average molecular weight is 823 g/mol. The summed E-state index contributed by atoms with van der Waals surface area (Å²) in [4.78, 5) is 16.1. The van der Waals surface area contributed by atoms with Crippen molar-refractivity contribution in [2.24, 2.45) is 0 Å². The SMILES string of the molecule is CC.CC1(C)c2ccccc2-c2ccc(-c3cccc4c5ccc6ccccc6c5n(-c5nc(-c6ccc(-c7ccccc7)cc6)nc(-c6ccc(-c7ccccc7)cc6)n5)c34)cc21. The molecular weight excluding hydrogens is 777 g/mol.